The number of nitrogens with one attached hydrogen (secondary N) is 1. The second-order valence-corrected chi connectivity index (χ2v) is 5.69. The molecule has 1 heterocycles. The van der Waals surface area contributed by atoms with Gasteiger partial charge in [0.05, 0.1) is 0 Å². The molecule has 1 N–H and O–H groups in total. The first-order valence-corrected chi connectivity index (χ1v) is 7.62. The van der Waals surface area contributed by atoms with Crippen molar-refractivity contribution in [3.8, 4) is 5.75 Å². The van der Waals surface area contributed by atoms with Gasteiger partial charge in [0, 0.05) is 44.2 Å². The molecule has 1 fully saturated rings. The number of rotatable bonds is 5. The molecular formula is C15H18ClF7N2O. The molecule has 11 heteroatoms. The fourth-order valence-corrected chi connectivity index (χ4v) is 2.80. The van der Waals surface area contributed by atoms with Gasteiger partial charge in [-0.25, -0.2) is 4.39 Å². The maximum absolute atomic E-state index is 14.2. The number of halogens is 8. The highest BCUT2D eigenvalue weighted by molar-refractivity contribution is 5.85. The van der Waals surface area contributed by atoms with Crippen LogP contribution < -0.4 is 10.1 Å². The third-order valence-corrected chi connectivity index (χ3v) is 3.85. The Morgan fingerprint density at radius 3 is 2.23 bits per heavy atom. The van der Waals surface area contributed by atoms with Crippen molar-refractivity contribution in [1.82, 2.24) is 10.2 Å². The predicted octanol–water partition coefficient (Wildman–Crippen LogP) is 4.43. The minimum atomic E-state index is -4.97. The van der Waals surface area contributed by atoms with Gasteiger partial charge in [-0.3, -0.25) is 4.90 Å². The zero-order chi connectivity index (χ0) is 18.7. The average molecular weight is 411 g/mol. The molecule has 2 rings (SSSR count). The summed E-state index contributed by atoms with van der Waals surface area (Å²) in [5, 5.41) is 3.02. The molecule has 1 aliphatic heterocycles. The van der Waals surface area contributed by atoms with Gasteiger partial charge in [0.2, 0.25) is 0 Å². The Balaban J connectivity index is 0.00000338. The summed E-state index contributed by atoms with van der Waals surface area (Å²) in [6, 6.07) is 1.41. The van der Waals surface area contributed by atoms with E-state index in [1.165, 1.54) is 0 Å². The van der Waals surface area contributed by atoms with Crippen LogP contribution in [0, 0.1) is 5.82 Å². The van der Waals surface area contributed by atoms with Gasteiger partial charge >= 0.3 is 12.5 Å². The van der Waals surface area contributed by atoms with Gasteiger partial charge in [0.1, 0.15) is 11.6 Å². The number of alkyl halides is 6. The minimum Gasteiger partial charge on any atom is -0.406 e. The monoisotopic (exact) mass is 410 g/mol. The summed E-state index contributed by atoms with van der Waals surface area (Å²) in [5.41, 5.74) is -0.229. The van der Waals surface area contributed by atoms with Gasteiger partial charge in [-0.1, -0.05) is 0 Å². The van der Waals surface area contributed by atoms with Crippen LogP contribution in [-0.2, 0) is 0 Å². The predicted molar refractivity (Wildman–Crippen MR) is 82.8 cm³/mol. The number of hydrogen-bond acceptors (Lipinski definition) is 3. The van der Waals surface area contributed by atoms with Crippen LogP contribution >= 0.6 is 12.4 Å². The number of piperazine rings is 1. The highest BCUT2D eigenvalue weighted by Crippen LogP contribution is 2.35. The number of nitrogens with zero attached hydrogens (tertiary/aromatic N) is 1. The lowest BCUT2D eigenvalue weighted by atomic mass is 9.98. The Morgan fingerprint density at radius 2 is 1.69 bits per heavy atom. The molecule has 0 saturated carbocycles. The summed E-state index contributed by atoms with van der Waals surface area (Å²) in [5.74, 6) is -1.52. The maximum Gasteiger partial charge on any atom is 0.573 e. The first-order valence-electron chi connectivity index (χ1n) is 7.62. The lowest BCUT2D eigenvalue weighted by molar-refractivity contribution is -0.274. The minimum absolute atomic E-state index is 0. The van der Waals surface area contributed by atoms with Gasteiger partial charge in [0.15, 0.2) is 0 Å². The van der Waals surface area contributed by atoms with E-state index >= 15 is 0 Å². The zero-order valence-corrected chi connectivity index (χ0v) is 14.3. The SMILES string of the molecule is Cl.Fc1ccc(OC(F)(F)F)cc1[C@H](CCC(F)(F)F)N1CCNCC1. The van der Waals surface area contributed by atoms with E-state index in [0.29, 0.717) is 26.2 Å². The van der Waals surface area contributed by atoms with Crippen molar-refractivity contribution in [2.24, 2.45) is 0 Å². The quantitative estimate of drug-likeness (QED) is 0.727. The highest BCUT2D eigenvalue weighted by Gasteiger charge is 2.34. The lowest BCUT2D eigenvalue weighted by Crippen LogP contribution is -2.45. The molecule has 0 aliphatic carbocycles. The molecule has 0 unspecified atom stereocenters. The van der Waals surface area contributed by atoms with Gasteiger partial charge < -0.3 is 10.1 Å². The van der Waals surface area contributed by atoms with Crippen LogP contribution in [0.5, 0.6) is 5.75 Å². The van der Waals surface area contributed by atoms with Crippen LogP contribution in [0.4, 0.5) is 30.7 Å². The molecule has 0 spiro atoms. The Kier molecular flexibility index (Phi) is 7.97. The third kappa shape index (κ3) is 7.16. The molecular weight excluding hydrogens is 393 g/mol. The normalized spacial score (nSPS) is 17.5. The molecule has 1 atom stereocenters. The molecule has 150 valence electrons. The Morgan fingerprint density at radius 1 is 1.08 bits per heavy atom. The van der Waals surface area contributed by atoms with E-state index in [4.69, 9.17) is 0 Å². The Labute approximate surface area is 151 Å². The van der Waals surface area contributed by atoms with Crippen LogP contribution in [-0.4, -0.2) is 43.6 Å². The van der Waals surface area contributed by atoms with E-state index in [-0.39, 0.29) is 18.0 Å². The first-order chi connectivity index (χ1) is 11.6. The van der Waals surface area contributed by atoms with Crippen molar-refractivity contribution in [3.63, 3.8) is 0 Å². The molecule has 0 radical (unpaired) electrons. The van der Waals surface area contributed by atoms with Crippen LogP contribution in [0.1, 0.15) is 24.4 Å². The molecule has 1 aliphatic rings. The standard InChI is InChI=1S/C15H17F7N2O.ClH/c16-12-2-1-10(25-15(20,21)22)9-11(12)13(3-4-14(17,18)19)24-7-5-23-6-8-24;/h1-2,9,13,23H,3-8H2;1H/t13-;/m0./s1. The second-order valence-electron chi connectivity index (χ2n) is 5.69. The molecule has 0 amide bonds. The van der Waals surface area contributed by atoms with Gasteiger partial charge in [0.25, 0.3) is 0 Å². The van der Waals surface area contributed by atoms with E-state index < -0.39 is 43.0 Å². The fraction of sp³-hybridized carbons (Fsp3) is 0.600. The van der Waals surface area contributed by atoms with E-state index in [1.54, 1.807) is 4.90 Å². The maximum atomic E-state index is 14.2. The third-order valence-electron chi connectivity index (χ3n) is 3.85. The molecule has 0 aromatic heterocycles. The van der Waals surface area contributed by atoms with Gasteiger partial charge in [-0.15, -0.1) is 25.6 Å². The fourth-order valence-electron chi connectivity index (χ4n) is 2.80. The Hall–Kier alpha value is -1.26. The van der Waals surface area contributed by atoms with Crippen LogP contribution in [0.15, 0.2) is 18.2 Å². The molecule has 1 saturated heterocycles. The van der Waals surface area contributed by atoms with Crippen molar-refractivity contribution in [2.75, 3.05) is 26.2 Å². The molecule has 1 aromatic rings. The topological polar surface area (TPSA) is 24.5 Å². The molecule has 26 heavy (non-hydrogen) atoms. The van der Waals surface area contributed by atoms with Crippen molar-refractivity contribution < 1.29 is 35.5 Å². The van der Waals surface area contributed by atoms with Crippen LogP contribution in [0.2, 0.25) is 0 Å². The summed E-state index contributed by atoms with van der Waals surface area (Å²) in [7, 11) is 0. The zero-order valence-electron chi connectivity index (χ0n) is 13.5. The first kappa shape index (κ1) is 22.8. The van der Waals surface area contributed by atoms with E-state index in [1.807, 2.05) is 0 Å². The lowest BCUT2D eigenvalue weighted by Gasteiger charge is -2.35. The molecule has 1 aromatic carbocycles. The summed E-state index contributed by atoms with van der Waals surface area (Å²) in [6.07, 6.45) is -11.0. The molecule has 3 nitrogen and oxygen atoms in total. The van der Waals surface area contributed by atoms with E-state index in [0.717, 1.165) is 18.2 Å². The van der Waals surface area contributed by atoms with Crippen molar-refractivity contribution in [1.29, 1.82) is 0 Å². The van der Waals surface area contributed by atoms with E-state index in [9.17, 15) is 30.7 Å². The smallest absolute Gasteiger partial charge is 0.406 e. The highest BCUT2D eigenvalue weighted by atomic mass is 35.5. The molecule has 0 bridgehead atoms. The van der Waals surface area contributed by atoms with Gasteiger partial charge in [-0.05, 0) is 24.6 Å². The van der Waals surface area contributed by atoms with Gasteiger partial charge in [-0.2, -0.15) is 13.2 Å². The number of benzene rings is 1. The van der Waals surface area contributed by atoms with Crippen LogP contribution in [0.3, 0.4) is 0 Å². The summed E-state index contributed by atoms with van der Waals surface area (Å²) in [6.45, 7) is 1.74. The summed E-state index contributed by atoms with van der Waals surface area (Å²) < 4.78 is 92.8. The van der Waals surface area contributed by atoms with E-state index in [2.05, 4.69) is 10.1 Å². The second kappa shape index (κ2) is 9.09. The Bertz CT molecular complexity index is 574. The van der Waals surface area contributed by atoms with Crippen LogP contribution in [0.25, 0.3) is 0 Å². The van der Waals surface area contributed by atoms with Crippen molar-refractivity contribution in [2.45, 2.75) is 31.4 Å². The number of hydrogen-bond donors (Lipinski definition) is 1. The van der Waals surface area contributed by atoms with Crippen molar-refractivity contribution >= 4 is 12.4 Å². The summed E-state index contributed by atoms with van der Waals surface area (Å²) in [4.78, 5) is 1.64. The largest absolute Gasteiger partial charge is 0.573 e. The van der Waals surface area contributed by atoms with Crippen molar-refractivity contribution in [3.05, 3.63) is 29.6 Å². The summed E-state index contributed by atoms with van der Waals surface area (Å²) >= 11 is 0. The average Bonchev–Trinajstić information content (AvgIpc) is 2.49. The number of ether oxygens (including phenoxy) is 1.